The van der Waals surface area contributed by atoms with E-state index in [4.69, 9.17) is 19.7 Å². The third kappa shape index (κ3) is 3.41. The Morgan fingerprint density at radius 2 is 2.04 bits per heavy atom. The molecule has 0 aromatic carbocycles. The molecule has 0 aliphatic carbocycles. The molecule has 0 aromatic heterocycles. The first-order valence-electron chi connectivity index (χ1n) is 7.34. The minimum Gasteiger partial charge on any atom is -0.477 e. The van der Waals surface area contributed by atoms with Gasteiger partial charge < -0.3 is 29.9 Å². The second-order valence-corrected chi connectivity index (χ2v) is 5.95. The van der Waals surface area contributed by atoms with Crippen LogP contribution in [-0.2, 0) is 23.9 Å². The van der Waals surface area contributed by atoms with Crippen LogP contribution in [0.15, 0.2) is 24.4 Å². The van der Waals surface area contributed by atoms with Gasteiger partial charge in [0.25, 0.3) is 0 Å². The van der Waals surface area contributed by atoms with E-state index >= 15 is 0 Å². The molecular weight excluding hydrogens is 320 g/mol. The van der Waals surface area contributed by atoms with Crippen molar-refractivity contribution in [3.05, 3.63) is 24.4 Å². The molecule has 2 rings (SSSR count). The third-order valence-corrected chi connectivity index (χ3v) is 3.86. The molecule has 2 heterocycles. The van der Waals surface area contributed by atoms with Gasteiger partial charge in [0.2, 0.25) is 5.91 Å². The summed E-state index contributed by atoms with van der Waals surface area (Å²) in [5.41, 5.74) is -0.854. The topological polar surface area (TPSA) is 125 Å². The van der Waals surface area contributed by atoms with Gasteiger partial charge in [-0.25, -0.2) is 9.59 Å². The smallest absolute Gasteiger partial charge is 0.344 e. The molecular formula is C15H20N2O7. The summed E-state index contributed by atoms with van der Waals surface area (Å²) < 4.78 is 11.3. The van der Waals surface area contributed by atoms with Crippen molar-refractivity contribution in [1.82, 2.24) is 10.2 Å². The largest absolute Gasteiger partial charge is 0.477 e. The summed E-state index contributed by atoms with van der Waals surface area (Å²) in [5, 5.41) is 20.3. The highest BCUT2D eigenvalue weighted by atomic mass is 16.7. The monoisotopic (exact) mass is 340 g/mol. The van der Waals surface area contributed by atoms with Crippen molar-refractivity contribution in [3.63, 3.8) is 0 Å². The number of aliphatic carboxylic acids is 2. The zero-order chi connectivity index (χ0) is 18.1. The average molecular weight is 340 g/mol. The first kappa shape index (κ1) is 18.0. The molecule has 2 saturated heterocycles. The maximum Gasteiger partial charge on any atom is 0.344 e. The number of carbonyl (C=O) groups is 3. The minimum absolute atomic E-state index is 0.269. The number of β-lactam (4-membered cyclic amide) rings is 1. The van der Waals surface area contributed by atoms with Crippen molar-refractivity contribution in [1.29, 1.82) is 0 Å². The van der Waals surface area contributed by atoms with E-state index in [2.05, 4.69) is 11.9 Å². The van der Waals surface area contributed by atoms with Crippen LogP contribution in [0.4, 0.5) is 0 Å². The van der Waals surface area contributed by atoms with Crippen LogP contribution in [0.3, 0.4) is 0 Å². The van der Waals surface area contributed by atoms with E-state index in [0.29, 0.717) is 6.54 Å². The number of ether oxygens (including phenoxy) is 2. The molecule has 2 aliphatic rings. The number of hydrogen-bond donors (Lipinski definition) is 3. The Morgan fingerprint density at radius 1 is 1.42 bits per heavy atom. The van der Waals surface area contributed by atoms with E-state index in [0.717, 1.165) is 6.20 Å². The predicted molar refractivity (Wildman–Crippen MR) is 80.9 cm³/mol. The fraction of sp³-hybridized carbons (Fsp3) is 0.533. The van der Waals surface area contributed by atoms with Gasteiger partial charge in [0.05, 0.1) is 12.6 Å². The van der Waals surface area contributed by atoms with E-state index < -0.39 is 41.5 Å². The number of carboxylic acid groups (broad SMARTS) is 2. The molecule has 9 nitrogen and oxygen atoms in total. The van der Waals surface area contributed by atoms with Crippen LogP contribution in [0.1, 0.15) is 13.8 Å². The van der Waals surface area contributed by atoms with E-state index in [1.807, 2.05) is 0 Å². The van der Waals surface area contributed by atoms with Crippen molar-refractivity contribution >= 4 is 17.8 Å². The molecule has 3 N–H and O–H groups in total. The molecule has 0 aromatic rings. The first-order chi connectivity index (χ1) is 11.2. The first-order valence-corrected chi connectivity index (χ1v) is 7.34. The zero-order valence-electron chi connectivity index (χ0n) is 13.4. The van der Waals surface area contributed by atoms with Gasteiger partial charge in [-0.05, 0) is 13.8 Å². The van der Waals surface area contributed by atoms with Crippen molar-refractivity contribution in [2.24, 2.45) is 0 Å². The van der Waals surface area contributed by atoms with Gasteiger partial charge in [-0.1, -0.05) is 6.08 Å². The fourth-order valence-corrected chi connectivity index (χ4v) is 2.78. The van der Waals surface area contributed by atoms with Crippen LogP contribution in [0.2, 0.25) is 0 Å². The summed E-state index contributed by atoms with van der Waals surface area (Å²) in [6.45, 7) is 7.67. The van der Waals surface area contributed by atoms with Gasteiger partial charge in [0.1, 0.15) is 12.1 Å². The number of carboxylic acids is 2. The van der Waals surface area contributed by atoms with Gasteiger partial charge >= 0.3 is 11.9 Å². The van der Waals surface area contributed by atoms with Crippen LogP contribution in [0.5, 0.6) is 0 Å². The lowest BCUT2D eigenvalue weighted by atomic mass is 9.90. The molecule has 0 saturated carbocycles. The lowest BCUT2D eigenvalue weighted by Crippen LogP contribution is -2.73. The molecule has 2 aliphatic heterocycles. The Kier molecular flexibility index (Phi) is 4.95. The lowest BCUT2D eigenvalue weighted by molar-refractivity contribution is -0.172. The van der Waals surface area contributed by atoms with E-state index in [9.17, 15) is 14.4 Å². The maximum atomic E-state index is 12.2. The van der Waals surface area contributed by atoms with Crippen molar-refractivity contribution in [2.75, 3.05) is 13.2 Å². The average Bonchev–Trinajstić information content (AvgIpc) is 2.83. The fourth-order valence-electron chi connectivity index (χ4n) is 2.78. The van der Waals surface area contributed by atoms with Gasteiger partial charge in [0.15, 0.2) is 11.4 Å². The van der Waals surface area contributed by atoms with Crippen LogP contribution < -0.4 is 5.32 Å². The van der Waals surface area contributed by atoms with E-state index in [-0.39, 0.29) is 12.5 Å². The highest BCUT2D eigenvalue weighted by Gasteiger charge is 2.54. The van der Waals surface area contributed by atoms with Crippen molar-refractivity contribution in [2.45, 2.75) is 37.8 Å². The number of carbonyl (C=O) groups excluding carboxylic acids is 1. The Bertz CT molecular complexity index is 583. The molecule has 24 heavy (non-hydrogen) atoms. The van der Waals surface area contributed by atoms with Gasteiger partial charge in [-0.15, -0.1) is 6.58 Å². The Hall–Kier alpha value is -2.39. The molecule has 0 radical (unpaired) electrons. The number of rotatable bonds is 7. The van der Waals surface area contributed by atoms with Crippen LogP contribution in [-0.4, -0.2) is 70.1 Å². The highest BCUT2D eigenvalue weighted by Crippen LogP contribution is 2.32. The molecule has 0 unspecified atom stereocenters. The lowest BCUT2D eigenvalue weighted by Gasteiger charge is -2.48. The second kappa shape index (κ2) is 6.62. The number of likely N-dealkylation sites (tertiary alicyclic amines) is 1. The highest BCUT2D eigenvalue weighted by molar-refractivity contribution is 6.12. The zero-order valence-corrected chi connectivity index (χ0v) is 13.4. The standard InChI is InChI=1S/C15H20N2O7/c1-4-5-17-11(9-7-23-15(2,3)24-9)10(12(17)18)16-6-8(13(19)20)14(21)22/h4,6,9-11,16H,1,5,7H2,2-3H3,(H,19,20)(H,21,22)/t9-,10-,11+/m0/s1. The normalized spacial score (nSPS) is 28.0. The molecule has 1 amide bonds. The molecule has 9 heteroatoms. The van der Waals surface area contributed by atoms with E-state index in [1.165, 1.54) is 4.90 Å². The Morgan fingerprint density at radius 3 is 2.50 bits per heavy atom. The maximum absolute atomic E-state index is 12.2. The molecule has 0 spiro atoms. The summed E-state index contributed by atoms with van der Waals surface area (Å²) in [5.74, 6) is -4.26. The number of nitrogens with zero attached hydrogens (tertiary/aromatic N) is 1. The number of hydrogen-bond acceptors (Lipinski definition) is 6. The van der Waals surface area contributed by atoms with Crippen molar-refractivity contribution in [3.8, 4) is 0 Å². The summed E-state index contributed by atoms with van der Waals surface area (Å²) in [6, 6.07) is -1.21. The second-order valence-electron chi connectivity index (χ2n) is 5.95. The Labute approximate surface area is 138 Å². The summed E-state index contributed by atoms with van der Waals surface area (Å²) in [7, 11) is 0. The van der Waals surface area contributed by atoms with Crippen LogP contribution in [0, 0.1) is 0 Å². The van der Waals surface area contributed by atoms with E-state index in [1.54, 1.807) is 19.9 Å². The summed E-state index contributed by atoms with van der Waals surface area (Å²) in [6.07, 6.45) is 1.98. The quantitative estimate of drug-likeness (QED) is 0.187. The Balaban J connectivity index is 2.16. The molecule has 0 bridgehead atoms. The van der Waals surface area contributed by atoms with Crippen LogP contribution >= 0.6 is 0 Å². The number of nitrogens with one attached hydrogen (secondary N) is 1. The van der Waals surface area contributed by atoms with Gasteiger partial charge in [0, 0.05) is 12.7 Å². The molecule has 2 fully saturated rings. The van der Waals surface area contributed by atoms with Gasteiger partial charge in [-0.3, -0.25) is 4.79 Å². The predicted octanol–water partition coefficient (Wildman–Crippen LogP) is -0.454. The number of amides is 1. The van der Waals surface area contributed by atoms with Crippen molar-refractivity contribution < 1.29 is 34.1 Å². The molecule has 132 valence electrons. The SMILES string of the molecule is C=CCN1C(=O)[C@@H](NC=C(C(=O)O)C(=O)O)[C@H]1[C@@H]1COC(C)(C)O1. The summed E-state index contributed by atoms with van der Waals surface area (Å²) in [4.78, 5) is 35.5. The van der Waals surface area contributed by atoms with Crippen LogP contribution in [0.25, 0.3) is 0 Å². The summed E-state index contributed by atoms with van der Waals surface area (Å²) >= 11 is 0. The van der Waals surface area contributed by atoms with Gasteiger partial charge in [-0.2, -0.15) is 0 Å². The minimum atomic E-state index is -1.59. The molecule has 3 atom stereocenters. The third-order valence-electron chi connectivity index (χ3n) is 3.86.